The quantitative estimate of drug-likeness (QED) is 0.703. The summed E-state index contributed by atoms with van der Waals surface area (Å²) in [6, 6.07) is 10.3. The van der Waals surface area contributed by atoms with Gasteiger partial charge in [-0.05, 0) is 20.8 Å². The molecule has 2 N–H and O–H groups in total. The van der Waals surface area contributed by atoms with Crippen molar-refractivity contribution in [2.75, 3.05) is 0 Å². The molecule has 0 radical (unpaired) electrons. The van der Waals surface area contributed by atoms with E-state index in [1.165, 1.54) is 17.7 Å². The molecule has 1 aromatic rings. The van der Waals surface area contributed by atoms with Crippen molar-refractivity contribution in [1.29, 1.82) is 0 Å². The van der Waals surface area contributed by atoms with Gasteiger partial charge in [-0.2, -0.15) is 0 Å². The largest absolute Gasteiger partial charge is 0.289 e. The van der Waals surface area contributed by atoms with Crippen LogP contribution in [0.4, 0.5) is 0 Å². The first-order valence-electron chi connectivity index (χ1n) is 6.88. The molecule has 6 nitrogen and oxygen atoms in total. The molecule has 2 aliphatic heterocycles. The Kier molecular flexibility index (Phi) is 6.61. The molecule has 0 aliphatic carbocycles. The third-order valence-corrected chi connectivity index (χ3v) is 2.83. The number of aryl methyl sites for hydroxylation is 1. The first-order chi connectivity index (χ1) is 10.8. The minimum atomic E-state index is -0.312. The average molecular weight is 314 g/mol. The number of nitrogens with one attached hydrogen (secondary N) is 2. The number of benzene rings is 1. The highest BCUT2D eigenvalue weighted by Gasteiger charge is 2.15. The number of amides is 4. The predicted molar refractivity (Wildman–Crippen MR) is 85.0 cm³/mol. The van der Waals surface area contributed by atoms with Crippen molar-refractivity contribution in [2.24, 2.45) is 0 Å². The fraction of sp³-hybridized carbons (Fsp3) is 0.176. The summed E-state index contributed by atoms with van der Waals surface area (Å²) in [5.41, 5.74) is 2.28. The number of carbonyl (C=O) groups excluding carboxylic acids is 4. The van der Waals surface area contributed by atoms with Gasteiger partial charge >= 0.3 is 0 Å². The maximum atomic E-state index is 10.4. The second-order valence-electron chi connectivity index (χ2n) is 4.95. The average Bonchev–Trinajstić information content (AvgIpc) is 2.92. The molecule has 23 heavy (non-hydrogen) atoms. The molecule has 120 valence electrons. The van der Waals surface area contributed by atoms with Crippen molar-refractivity contribution in [1.82, 2.24) is 10.6 Å². The first-order valence-corrected chi connectivity index (χ1v) is 6.88. The molecule has 0 bridgehead atoms. The maximum absolute atomic E-state index is 10.4. The van der Waals surface area contributed by atoms with Crippen LogP contribution in [0.25, 0.3) is 0 Å². The Balaban J connectivity index is 0.000000173. The fourth-order valence-corrected chi connectivity index (χ4v) is 1.55. The van der Waals surface area contributed by atoms with Gasteiger partial charge in [-0.15, -0.1) is 0 Å². The Bertz CT molecular complexity index is 646. The Hall–Kier alpha value is -3.02. The lowest BCUT2D eigenvalue weighted by atomic mass is 10.2. The van der Waals surface area contributed by atoms with Crippen LogP contribution in [0.5, 0.6) is 0 Å². The van der Waals surface area contributed by atoms with Crippen LogP contribution in [0.15, 0.2) is 53.6 Å². The van der Waals surface area contributed by atoms with Gasteiger partial charge in [0.15, 0.2) is 0 Å². The van der Waals surface area contributed by atoms with E-state index >= 15 is 0 Å². The molecule has 0 saturated carbocycles. The lowest BCUT2D eigenvalue weighted by molar-refractivity contribution is -0.125. The molecule has 3 rings (SSSR count). The summed E-state index contributed by atoms with van der Waals surface area (Å²) in [4.78, 5) is 41.3. The molecule has 1 aromatic carbocycles. The predicted octanol–water partition coefficient (Wildman–Crippen LogP) is 1.17. The molecule has 6 heteroatoms. The van der Waals surface area contributed by atoms with E-state index < -0.39 is 0 Å². The van der Waals surface area contributed by atoms with Crippen molar-refractivity contribution >= 4 is 23.6 Å². The van der Waals surface area contributed by atoms with E-state index in [1.54, 1.807) is 13.8 Å². The Labute approximate surface area is 134 Å². The minimum Gasteiger partial charge on any atom is -0.289 e. The summed E-state index contributed by atoms with van der Waals surface area (Å²) in [7, 11) is 0. The third kappa shape index (κ3) is 6.52. The van der Waals surface area contributed by atoms with Crippen molar-refractivity contribution in [3.05, 3.63) is 59.2 Å². The van der Waals surface area contributed by atoms with Gasteiger partial charge in [0.1, 0.15) is 0 Å². The molecule has 0 saturated heterocycles. The van der Waals surface area contributed by atoms with Crippen LogP contribution in [-0.4, -0.2) is 23.6 Å². The normalized spacial score (nSPS) is 15.4. The molecule has 4 amide bonds. The van der Waals surface area contributed by atoms with Crippen LogP contribution < -0.4 is 10.6 Å². The summed E-state index contributed by atoms with van der Waals surface area (Å²) < 4.78 is 0. The molecule has 2 aliphatic rings. The maximum Gasteiger partial charge on any atom is 0.253 e. The van der Waals surface area contributed by atoms with Crippen molar-refractivity contribution in [2.45, 2.75) is 20.8 Å². The first kappa shape index (κ1) is 18.0. The standard InChI is InChI=1S/C7H8.2C5H5NO2/c1-7-5-3-2-4-6-7;2*1-3-2-4(7)6-5(3)8/h2-6H,1H3;2*2H,1H3,(H,6,7,8). The number of carbonyl (C=O) groups is 4. The summed E-state index contributed by atoms with van der Waals surface area (Å²) in [6.45, 7) is 5.28. The molecular formula is C17H18N2O4. The third-order valence-electron chi connectivity index (χ3n) is 2.83. The van der Waals surface area contributed by atoms with Gasteiger partial charge in [0, 0.05) is 23.3 Å². The monoisotopic (exact) mass is 314 g/mol. The highest BCUT2D eigenvalue weighted by Crippen LogP contribution is 1.98. The van der Waals surface area contributed by atoms with Crippen molar-refractivity contribution in [3.63, 3.8) is 0 Å². The van der Waals surface area contributed by atoms with Gasteiger partial charge in [-0.1, -0.05) is 35.9 Å². The van der Waals surface area contributed by atoms with Gasteiger partial charge in [-0.3, -0.25) is 29.8 Å². The molecule has 0 unspecified atom stereocenters. The van der Waals surface area contributed by atoms with E-state index in [1.807, 2.05) is 18.2 Å². The summed E-state index contributed by atoms with van der Waals surface area (Å²) >= 11 is 0. The van der Waals surface area contributed by atoms with E-state index in [2.05, 4.69) is 29.7 Å². The van der Waals surface area contributed by atoms with E-state index in [0.717, 1.165) is 0 Å². The van der Waals surface area contributed by atoms with Crippen molar-refractivity contribution < 1.29 is 19.2 Å². The van der Waals surface area contributed by atoms with Gasteiger partial charge in [0.05, 0.1) is 0 Å². The van der Waals surface area contributed by atoms with E-state index in [9.17, 15) is 19.2 Å². The molecule has 0 spiro atoms. The topological polar surface area (TPSA) is 92.3 Å². The number of hydrogen-bond acceptors (Lipinski definition) is 4. The molecule has 0 fully saturated rings. The van der Waals surface area contributed by atoms with Crippen LogP contribution in [0, 0.1) is 6.92 Å². The molecule has 0 aromatic heterocycles. The lowest BCUT2D eigenvalue weighted by Gasteiger charge is -1.84. The fourth-order valence-electron chi connectivity index (χ4n) is 1.55. The number of rotatable bonds is 0. The second kappa shape index (κ2) is 8.43. The Morgan fingerprint density at radius 3 is 1.17 bits per heavy atom. The second-order valence-corrected chi connectivity index (χ2v) is 4.95. The van der Waals surface area contributed by atoms with E-state index in [-0.39, 0.29) is 23.6 Å². The summed E-state index contributed by atoms with van der Waals surface area (Å²) in [5.74, 6) is -1.19. The van der Waals surface area contributed by atoms with Crippen LogP contribution in [0.2, 0.25) is 0 Å². The van der Waals surface area contributed by atoms with Crippen molar-refractivity contribution in [3.8, 4) is 0 Å². The Morgan fingerprint density at radius 2 is 1.04 bits per heavy atom. The highest BCUT2D eigenvalue weighted by molar-refractivity contribution is 6.16. The Morgan fingerprint density at radius 1 is 0.652 bits per heavy atom. The SMILES string of the molecule is CC1=CC(=O)NC1=O.CC1=CC(=O)NC1=O.Cc1ccccc1. The lowest BCUT2D eigenvalue weighted by Crippen LogP contribution is -2.21. The minimum absolute atomic E-state index is 0.282. The van der Waals surface area contributed by atoms with Crippen LogP contribution in [-0.2, 0) is 19.2 Å². The number of hydrogen-bond donors (Lipinski definition) is 2. The highest BCUT2D eigenvalue weighted by atomic mass is 16.2. The molecule has 2 heterocycles. The molecule has 0 atom stereocenters. The number of imide groups is 2. The zero-order chi connectivity index (χ0) is 17.4. The van der Waals surface area contributed by atoms with Gasteiger partial charge < -0.3 is 0 Å². The molecular weight excluding hydrogens is 296 g/mol. The van der Waals surface area contributed by atoms with Gasteiger partial charge in [-0.25, -0.2) is 0 Å². The van der Waals surface area contributed by atoms with Gasteiger partial charge in [0.25, 0.3) is 23.6 Å². The smallest absolute Gasteiger partial charge is 0.253 e. The zero-order valence-electron chi connectivity index (χ0n) is 13.2. The van der Waals surface area contributed by atoms with Gasteiger partial charge in [0.2, 0.25) is 0 Å². The van der Waals surface area contributed by atoms with Crippen LogP contribution in [0.1, 0.15) is 19.4 Å². The van der Waals surface area contributed by atoms with Crippen LogP contribution >= 0.6 is 0 Å². The van der Waals surface area contributed by atoms with E-state index in [4.69, 9.17) is 0 Å². The van der Waals surface area contributed by atoms with E-state index in [0.29, 0.717) is 11.1 Å². The summed E-state index contributed by atoms with van der Waals surface area (Å²) in [6.07, 6.45) is 2.56. The van der Waals surface area contributed by atoms with Crippen LogP contribution in [0.3, 0.4) is 0 Å². The zero-order valence-corrected chi connectivity index (χ0v) is 13.2. The summed E-state index contributed by atoms with van der Waals surface area (Å²) in [5, 5.41) is 4.19.